The summed E-state index contributed by atoms with van der Waals surface area (Å²) in [5, 5.41) is 44.7. The Hall–Kier alpha value is -3.43. The number of allylic oxidation sites excluding steroid dienone is 2. The molecule has 4 aliphatic carbocycles. The van der Waals surface area contributed by atoms with Crippen molar-refractivity contribution in [2.75, 3.05) is 14.1 Å². The number of likely N-dealkylation sites (N-methyl/N-ethyl adjacent to an activating group) is 1. The van der Waals surface area contributed by atoms with Gasteiger partial charge < -0.3 is 26.2 Å². The Labute approximate surface area is 227 Å². The highest BCUT2D eigenvalue weighted by Crippen LogP contribution is 2.53. The van der Waals surface area contributed by atoms with Crippen LogP contribution in [0.25, 0.3) is 5.76 Å². The highest BCUT2D eigenvalue weighted by molar-refractivity contribution is 6.24. The van der Waals surface area contributed by atoms with Crippen molar-refractivity contribution < 1.29 is 34.8 Å². The van der Waals surface area contributed by atoms with Crippen LogP contribution in [0.5, 0.6) is 5.75 Å². The van der Waals surface area contributed by atoms with Gasteiger partial charge in [-0.1, -0.05) is 24.6 Å². The number of ketones is 2. The van der Waals surface area contributed by atoms with Crippen molar-refractivity contribution in [1.82, 2.24) is 4.90 Å². The number of hydrogen-bond donors (Lipinski definition) is 5. The van der Waals surface area contributed by atoms with E-state index < -0.39 is 58.0 Å². The van der Waals surface area contributed by atoms with Crippen LogP contribution >= 0.6 is 0 Å². The predicted octanol–water partition coefficient (Wildman–Crippen LogP) is 2.64. The van der Waals surface area contributed by atoms with E-state index in [4.69, 9.17) is 5.73 Å². The van der Waals surface area contributed by atoms with Gasteiger partial charge in [-0.3, -0.25) is 19.3 Å². The molecular weight excluding hydrogens is 500 g/mol. The number of phenolic OH excluding ortho intramolecular Hbond substituents is 1. The molecule has 39 heavy (non-hydrogen) atoms. The highest BCUT2D eigenvalue weighted by Gasteiger charge is 2.64. The van der Waals surface area contributed by atoms with Crippen molar-refractivity contribution in [1.29, 1.82) is 0 Å². The number of aliphatic hydroxyl groups is 3. The van der Waals surface area contributed by atoms with Crippen molar-refractivity contribution in [2.24, 2.45) is 23.5 Å². The summed E-state index contributed by atoms with van der Waals surface area (Å²) in [6, 6.07) is 2.26. The van der Waals surface area contributed by atoms with Crippen LogP contribution in [-0.4, -0.2) is 68.5 Å². The molecule has 0 spiro atoms. The number of Topliss-reactive ketones (excluding diaryl/α,β-unsaturated/α-hetero) is 2. The maximum atomic E-state index is 13.9. The van der Waals surface area contributed by atoms with Crippen LogP contribution in [0.2, 0.25) is 0 Å². The standard InChI is InChI=1S/C30H36N2O7/c1-14-6-4-7-15(14)8-5-9-16-10-11-20(33)22-18(16)12-17-13-19-24(32(2)3)26(35)23(29(31)38)28(37)30(19,39)27(36)21(17)25(22)34/h7,10-11,14,17,19,24,33-34,37,39H,4-6,8-9,12-13H2,1-3H3,(H2,31,38)/t14?,17-,19-,24-,30-/m1/s1. The minimum atomic E-state index is -2.62. The van der Waals surface area contributed by atoms with E-state index in [1.54, 1.807) is 14.1 Å². The number of fused-ring (bicyclic) bond motifs is 3. The molecule has 208 valence electrons. The molecule has 9 heteroatoms. The number of rotatable bonds is 6. The van der Waals surface area contributed by atoms with Gasteiger partial charge in [0.2, 0.25) is 5.78 Å². The van der Waals surface area contributed by atoms with Crippen molar-refractivity contribution in [2.45, 2.75) is 63.5 Å². The number of phenols is 1. The van der Waals surface area contributed by atoms with Crippen molar-refractivity contribution in [3.8, 4) is 5.75 Å². The van der Waals surface area contributed by atoms with E-state index >= 15 is 0 Å². The molecule has 1 aromatic rings. The number of aliphatic hydroxyl groups excluding tert-OH is 2. The second kappa shape index (κ2) is 9.64. The molecule has 5 rings (SSSR count). The summed E-state index contributed by atoms with van der Waals surface area (Å²) >= 11 is 0. The molecule has 0 bridgehead atoms. The van der Waals surface area contributed by atoms with Crippen molar-refractivity contribution in [3.05, 3.63) is 57.4 Å². The topological polar surface area (TPSA) is 161 Å². The summed E-state index contributed by atoms with van der Waals surface area (Å²) in [6.07, 6.45) is 7.61. The van der Waals surface area contributed by atoms with Gasteiger partial charge in [0.25, 0.3) is 5.91 Å². The molecule has 1 unspecified atom stereocenters. The number of primary amides is 1. The zero-order chi connectivity index (χ0) is 28.4. The van der Waals surface area contributed by atoms with Gasteiger partial charge in [0.1, 0.15) is 22.8 Å². The number of hydrogen-bond acceptors (Lipinski definition) is 8. The minimum absolute atomic E-state index is 0.0886. The maximum absolute atomic E-state index is 13.9. The minimum Gasteiger partial charge on any atom is -0.508 e. The molecule has 0 aromatic heterocycles. The number of amides is 1. The Balaban J connectivity index is 1.57. The lowest BCUT2D eigenvalue weighted by atomic mass is 9.57. The molecule has 6 N–H and O–H groups in total. The van der Waals surface area contributed by atoms with Crippen LogP contribution in [0, 0.1) is 17.8 Å². The molecule has 0 saturated heterocycles. The van der Waals surface area contributed by atoms with Gasteiger partial charge in [-0.25, -0.2) is 0 Å². The molecule has 1 fully saturated rings. The fraction of sp³-hybridized carbons (Fsp3) is 0.500. The first-order chi connectivity index (χ1) is 18.4. The first kappa shape index (κ1) is 27.1. The fourth-order valence-electron chi connectivity index (χ4n) is 7.28. The number of carbonyl (C=O) groups is 3. The molecule has 9 nitrogen and oxygen atoms in total. The van der Waals surface area contributed by atoms with Crippen LogP contribution in [0.15, 0.2) is 40.7 Å². The SMILES string of the molecule is CC1CCC=C1CCCc1ccc(O)c2c1C[C@@H]1C[C@@H]3[C@@H](N(C)C)C(=O)C(C(N)=O)=C(O)[C@]3(O)C(=O)C1=C2O. The Bertz CT molecular complexity index is 1370. The molecule has 1 saturated carbocycles. The number of nitrogens with two attached hydrogens (primary N) is 1. The molecule has 4 aliphatic rings. The smallest absolute Gasteiger partial charge is 0.255 e. The molecule has 0 aliphatic heterocycles. The average molecular weight is 537 g/mol. The zero-order valence-electron chi connectivity index (χ0n) is 22.5. The largest absolute Gasteiger partial charge is 0.508 e. The van der Waals surface area contributed by atoms with Gasteiger partial charge in [0, 0.05) is 11.5 Å². The van der Waals surface area contributed by atoms with Crippen LogP contribution < -0.4 is 5.73 Å². The quantitative estimate of drug-likeness (QED) is 0.274. The second-order valence-corrected chi connectivity index (χ2v) is 11.7. The first-order valence-electron chi connectivity index (χ1n) is 13.6. The lowest BCUT2D eigenvalue weighted by Crippen LogP contribution is -2.65. The molecular formula is C30H36N2O7. The van der Waals surface area contributed by atoms with Crippen LogP contribution in [0.4, 0.5) is 0 Å². The number of aromatic hydroxyl groups is 1. The molecule has 1 aromatic carbocycles. The normalized spacial score (nSPS) is 30.3. The number of aryl methyl sites for hydroxylation is 1. The molecule has 1 amide bonds. The Kier molecular flexibility index (Phi) is 6.71. The number of nitrogens with zero attached hydrogens (tertiary/aromatic N) is 1. The number of benzene rings is 1. The fourth-order valence-corrected chi connectivity index (χ4v) is 7.28. The van der Waals surface area contributed by atoms with Gasteiger partial charge in [0.05, 0.1) is 11.6 Å². The first-order valence-corrected chi connectivity index (χ1v) is 13.6. The third-order valence-electron chi connectivity index (χ3n) is 9.25. The maximum Gasteiger partial charge on any atom is 0.255 e. The average Bonchev–Trinajstić information content (AvgIpc) is 3.26. The van der Waals surface area contributed by atoms with Crippen molar-refractivity contribution in [3.63, 3.8) is 0 Å². The molecule has 0 heterocycles. The van der Waals surface area contributed by atoms with Gasteiger partial charge in [-0.05, 0) is 88.1 Å². The van der Waals surface area contributed by atoms with E-state index in [2.05, 4.69) is 13.0 Å². The lowest BCUT2D eigenvalue weighted by molar-refractivity contribution is -0.153. The molecule has 5 atom stereocenters. The van der Waals surface area contributed by atoms with Gasteiger partial charge >= 0.3 is 0 Å². The lowest BCUT2D eigenvalue weighted by Gasteiger charge is -2.50. The van der Waals surface area contributed by atoms with E-state index in [0.717, 1.165) is 36.8 Å². The van der Waals surface area contributed by atoms with Gasteiger partial charge in [0.15, 0.2) is 11.4 Å². The Morgan fingerprint density at radius 3 is 2.49 bits per heavy atom. The van der Waals surface area contributed by atoms with E-state index in [1.807, 2.05) is 6.07 Å². The highest BCUT2D eigenvalue weighted by atomic mass is 16.3. The van der Waals surface area contributed by atoms with Gasteiger partial charge in [-0.2, -0.15) is 0 Å². The van der Waals surface area contributed by atoms with Crippen LogP contribution in [-0.2, 0) is 27.2 Å². The summed E-state index contributed by atoms with van der Waals surface area (Å²) < 4.78 is 0. The third-order valence-corrected chi connectivity index (χ3v) is 9.25. The molecule has 0 radical (unpaired) electrons. The van der Waals surface area contributed by atoms with Gasteiger partial charge in [-0.15, -0.1) is 0 Å². The summed E-state index contributed by atoms with van der Waals surface area (Å²) in [4.78, 5) is 40.7. The summed E-state index contributed by atoms with van der Waals surface area (Å²) in [7, 11) is 3.18. The van der Waals surface area contributed by atoms with Crippen LogP contribution in [0.3, 0.4) is 0 Å². The summed E-state index contributed by atoms with van der Waals surface area (Å²) in [5.41, 5.74) is 5.13. The van der Waals surface area contributed by atoms with Crippen LogP contribution in [0.1, 0.15) is 55.7 Å². The van der Waals surface area contributed by atoms with Crippen molar-refractivity contribution >= 4 is 23.2 Å². The zero-order valence-corrected chi connectivity index (χ0v) is 22.5. The summed E-state index contributed by atoms with van der Waals surface area (Å²) in [6.45, 7) is 2.24. The predicted molar refractivity (Wildman–Crippen MR) is 144 cm³/mol. The number of carbonyl (C=O) groups excluding carboxylic acids is 3. The summed E-state index contributed by atoms with van der Waals surface area (Å²) in [5.74, 6) is -5.76. The van der Waals surface area contributed by atoms with E-state index in [0.29, 0.717) is 12.3 Å². The Morgan fingerprint density at radius 1 is 1.15 bits per heavy atom. The third kappa shape index (κ3) is 4.02. The van der Waals surface area contributed by atoms with E-state index in [9.17, 15) is 34.8 Å². The van der Waals surface area contributed by atoms with E-state index in [-0.39, 0.29) is 23.3 Å². The Morgan fingerprint density at radius 2 is 1.87 bits per heavy atom. The van der Waals surface area contributed by atoms with E-state index in [1.165, 1.54) is 23.0 Å². The monoisotopic (exact) mass is 536 g/mol. The second-order valence-electron chi connectivity index (χ2n) is 11.7.